The number of likely N-dealkylation sites (tertiary alicyclic amines) is 1. The van der Waals surface area contributed by atoms with E-state index in [0.717, 1.165) is 6.42 Å². The van der Waals surface area contributed by atoms with Crippen molar-refractivity contribution in [2.75, 3.05) is 18.8 Å². The summed E-state index contributed by atoms with van der Waals surface area (Å²) in [5, 5.41) is 9.52. The Morgan fingerprint density at radius 2 is 2.11 bits per heavy atom. The highest BCUT2D eigenvalue weighted by atomic mass is 16.3. The second-order valence-electron chi connectivity index (χ2n) is 4.77. The number of nitrogens with zero attached hydrogens (tertiary/aromatic N) is 1. The van der Waals surface area contributed by atoms with Crippen molar-refractivity contribution >= 4 is 17.5 Å². The van der Waals surface area contributed by atoms with E-state index >= 15 is 0 Å². The van der Waals surface area contributed by atoms with Gasteiger partial charge in [-0.25, -0.2) is 0 Å². The van der Waals surface area contributed by atoms with Crippen molar-refractivity contribution in [2.24, 2.45) is 11.7 Å². The summed E-state index contributed by atoms with van der Waals surface area (Å²) in [5.41, 5.74) is 11.4. The maximum absolute atomic E-state index is 12.3. The molecule has 0 aliphatic carbocycles. The molecule has 19 heavy (non-hydrogen) atoms. The number of piperidine rings is 1. The Hall–Kier alpha value is -2.24. The lowest BCUT2D eigenvalue weighted by Crippen LogP contribution is -2.44. The molecular formula is C13H17N3O3. The number of phenols is 1. The molecule has 6 nitrogen and oxygen atoms in total. The molecule has 1 aliphatic rings. The van der Waals surface area contributed by atoms with Crippen LogP contribution >= 0.6 is 0 Å². The Morgan fingerprint density at radius 1 is 1.37 bits per heavy atom. The maximum atomic E-state index is 12.3. The summed E-state index contributed by atoms with van der Waals surface area (Å²) in [5.74, 6) is -1.01. The third-order valence-electron chi connectivity index (χ3n) is 3.39. The molecule has 1 unspecified atom stereocenters. The van der Waals surface area contributed by atoms with E-state index in [9.17, 15) is 14.7 Å². The summed E-state index contributed by atoms with van der Waals surface area (Å²) >= 11 is 0. The van der Waals surface area contributed by atoms with E-state index in [1.54, 1.807) is 11.0 Å². The number of nitrogen functional groups attached to an aromatic ring is 1. The van der Waals surface area contributed by atoms with Crippen LogP contribution in [0.25, 0.3) is 0 Å². The molecule has 5 N–H and O–H groups in total. The molecule has 1 saturated heterocycles. The highest BCUT2D eigenvalue weighted by Crippen LogP contribution is 2.23. The monoisotopic (exact) mass is 263 g/mol. The first-order valence-electron chi connectivity index (χ1n) is 6.16. The van der Waals surface area contributed by atoms with Gasteiger partial charge in [0.25, 0.3) is 5.91 Å². The molecule has 0 saturated carbocycles. The number of amides is 2. The third kappa shape index (κ3) is 2.78. The van der Waals surface area contributed by atoms with Gasteiger partial charge in [0.1, 0.15) is 5.75 Å². The normalized spacial score (nSPS) is 19.2. The van der Waals surface area contributed by atoms with E-state index in [2.05, 4.69) is 0 Å². The zero-order valence-corrected chi connectivity index (χ0v) is 10.5. The zero-order chi connectivity index (χ0) is 14.0. The highest BCUT2D eigenvalue weighted by molar-refractivity contribution is 5.95. The molecule has 1 aromatic rings. The number of primary amides is 1. The number of benzene rings is 1. The van der Waals surface area contributed by atoms with Gasteiger partial charge in [0, 0.05) is 18.7 Å². The number of phenolic OH excluding ortho intramolecular Hbond substituents is 1. The topological polar surface area (TPSA) is 110 Å². The van der Waals surface area contributed by atoms with E-state index in [0.29, 0.717) is 25.1 Å². The Morgan fingerprint density at radius 3 is 2.74 bits per heavy atom. The predicted octanol–water partition coefficient (Wildman–Crippen LogP) is 0.312. The van der Waals surface area contributed by atoms with Gasteiger partial charge < -0.3 is 21.5 Å². The van der Waals surface area contributed by atoms with Gasteiger partial charge in [0.05, 0.1) is 11.6 Å². The first-order chi connectivity index (χ1) is 8.99. The minimum Gasteiger partial charge on any atom is -0.506 e. The lowest BCUT2D eigenvalue weighted by molar-refractivity contribution is -0.123. The van der Waals surface area contributed by atoms with Crippen LogP contribution in [0.1, 0.15) is 23.2 Å². The SMILES string of the molecule is NC(=O)C1CCCN(C(=O)c2ccc(N)c(O)c2)C1. The van der Waals surface area contributed by atoms with Gasteiger partial charge in [-0.15, -0.1) is 0 Å². The van der Waals surface area contributed by atoms with Gasteiger partial charge in [-0.05, 0) is 31.0 Å². The van der Waals surface area contributed by atoms with E-state index in [4.69, 9.17) is 11.5 Å². The molecule has 1 aliphatic heterocycles. The smallest absolute Gasteiger partial charge is 0.254 e. The number of hydrogen-bond donors (Lipinski definition) is 3. The van der Waals surface area contributed by atoms with Crippen LogP contribution in [0.3, 0.4) is 0 Å². The van der Waals surface area contributed by atoms with Crippen LogP contribution < -0.4 is 11.5 Å². The molecule has 2 amide bonds. The predicted molar refractivity (Wildman–Crippen MR) is 70.3 cm³/mol. The van der Waals surface area contributed by atoms with Crippen LogP contribution in [-0.4, -0.2) is 34.9 Å². The first-order valence-corrected chi connectivity index (χ1v) is 6.16. The molecule has 0 bridgehead atoms. The van der Waals surface area contributed by atoms with Gasteiger partial charge in [0.15, 0.2) is 0 Å². The summed E-state index contributed by atoms with van der Waals surface area (Å²) in [7, 11) is 0. The molecular weight excluding hydrogens is 246 g/mol. The average molecular weight is 263 g/mol. The molecule has 6 heteroatoms. The quantitative estimate of drug-likeness (QED) is 0.527. The summed E-state index contributed by atoms with van der Waals surface area (Å²) in [6, 6.07) is 4.38. The maximum Gasteiger partial charge on any atom is 0.254 e. The first kappa shape index (κ1) is 13.2. The van der Waals surface area contributed by atoms with Crippen LogP contribution in [0.4, 0.5) is 5.69 Å². The molecule has 102 valence electrons. The average Bonchev–Trinajstić information content (AvgIpc) is 2.41. The fourth-order valence-electron chi connectivity index (χ4n) is 2.25. The second-order valence-corrected chi connectivity index (χ2v) is 4.77. The highest BCUT2D eigenvalue weighted by Gasteiger charge is 2.27. The summed E-state index contributed by atoms with van der Waals surface area (Å²) < 4.78 is 0. The molecule has 0 aromatic heterocycles. The van der Waals surface area contributed by atoms with E-state index in [-0.39, 0.29) is 29.2 Å². The molecule has 1 fully saturated rings. The Labute approximate surface area is 111 Å². The fraction of sp³-hybridized carbons (Fsp3) is 0.385. The van der Waals surface area contributed by atoms with Crippen LogP contribution in [0.15, 0.2) is 18.2 Å². The number of carbonyl (C=O) groups excluding carboxylic acids is 2. The van der Waals surface area contributed by atoms with E-state index in [1.807, 2.05) is 0 Å². The Balaban J connectivity index is 2.14. The van der Waals surface area contributed by atoms with Crippen molar-refractivity contribution in [1.29, 1.82) is 0 Å². The Bertz CT molecular complexity index is 516. The summed E-state index contributed by atoms with van der Waals surface area (Å²) in [6.45, 7) is 0.924. The van der Waals surface area contributed by atoms with Crippen molar-refractivity contribution in [3.63, 3.8) is 0 Å². The molecule has 0 radical (unpaired) electrons. The van der Waals surface area contributed by atoms with Crippen molar-refractivity contribution in [3.8, 4) is 5.75 Å². The molecule has 0 spiro atoms. The number of nitrogens with two attached hydrogens (primary N) is 2. The minimum absolute atomic E-state index is 0.116. The van der Waals surface area contributed by atoms with Gasteiger partial charge >= 0.3 is 0 Å². The third-order valence-corrected chi connectivity index (χ3v) is 3.39. The van der Waals surface area contributed by atoms with Crippen LogP contribution in [0, 0.1) is 5.92 Å². The Kier molecular flexibility index (Phi) is 3.59. The lowest BCUT2D eigenvalue weighted by atomic mass is 9.97. The van der Waals surface area contributed by atoms with Crippen LogP contribution in [0.2, 0.25) is 0 Å². The minimum atomic E-state index is -0.377. The molecule has 1 atom stereocenters. The van der Waals surface area contributed by atoms with Crippen molar-refractivity contribution in [2.45, 2.75) is 12.8 Å². The number of carbonyl (C=O) groups is 2. The zero-order valence-electron chi connectivity index (χ0n) is 10.5. The fourth-order valence-corrected chi connectivity index (χ4v) is 2.25. The van der Waals surface area contributed by atoms with Crippen LogP contribution in [-0.2, 0) is 4.79 Å². The molecule has 2 rings (SSSR count). The largest absolute Gasteiger partial charge is 0.506 e. The van der Waals surface area contributed by atoms with Crippen molar-refractivity contribution in [1.82, 2.24) is 4.90 Å². The standard InChI is InChI=1S/C13H17N3O3/c14-10-4-3-8(6-11(10)17)13(19)16-5-1-2-9(7-16)12(15)18/h3-4,6,9,17H,1-2,5,7,14H2,(H2,15,18). The van der Waals surface area contributed by atoms with Crippen LogP contribution in [0.5, 0.6) is 5.75 Å². The van der Waals surface area contributed by atoms with Gasteiger partial charge in [-0.1, -0.05) is 0 Å². The van der Waals surface area contributed by atoms with Gasteiger partial charge in [-0.2, -0.15) is 0 Å². The number of hydrogen-bond acceptors (Lipinski definition) is 4. The summed E-state index contributed by atoms with van der Waals surface area (Å²) in [4.78, 5) is 25.0. The second kappa shape index (κ2) is 5.17. The van der Waals surface area contributed by atoms with E-state index < -0.39 is 0 Å². The number of aromatic hydroxyl groups is 1. The van der Waals surface area contributed by atoms with Gasteiger partial charge in [0.2, 0.25) is 5.91 Å². The number of anilines is 1. The molecule has 1 heterocycles. The van der Waals surface area contributed by atoms with Crippen molar-refractivity contribution in [3.05, 3.63) is 23.8 Å². The lowest BCUT2D eigenvalue weighted by Gasteiger charge is -2.31. The van der Waals surface area contributed by atoms with E-state index in [1.165, 1.54) is 12.1 Å². The number of rotatable bonds is 2. The van der Waals surface area contributed by atoms with Gasteiger partial charge in [-0.3, -0.25) is 9.59 Å². The summed E-state index contributed by atoms with van der Waals surface area (Å²) in [6.07, 6.45) is 1.46. The molecule has 1 aromatic carbocycles. The van der Waals surface area contributed by atoms with Crippen molar-refractivity contribution < 1.29 is 14.7 Å².